The molecule has 2 heterocycles. The maximum Gasteiger partial charge on any atom is 0.186 e. The lowest BCUT2D eigenvalue weighted by Gasteiger charge is -2.46. The topological polar surface area (TPSA) is 141 Å². The van der Waals surface area contributed by atoms with Crippen LogP contribution in [0.1, 0.15) is 113 Å². The molecule has 0 radical (unpaired) electrons. The first-order chi connectivity index (χ1) is 23.8. The van der Waals surface area contributed by atoms with Crippen LogP contribution in [0.2, 0.25) is 0 Å². The van der Waals surface area contributed by atoms with E-state index in [0.29, 0.717) is 52.9 Å². The normalized spacial score (nSPS) is 27.3. The summed E-state index contributed by atoms with van der Waals surface area (Å²) < 4.78 is 62.8. The van der Waals surface area contributed by atoms with E-state index in [9.17, 15) is 5.53 Å². The summed E-state index contributed by atoms with van der Waals surface area (Å²) in [7, 11) is 0. The number of nitrogens with zero attached hydrogens (tertiary/aromatic N) is 3. The van der Waals surface area contributed by atoms with E-state index in [1.54, 1.807) is 0 Å². The maximum absolute atomic E-state index is 9.59. The molecule has 2 aliphatic heterocycles. The molecule has 5 unspecified atom stereocenters. The van der Waals surface area contributed by atoms with E-state index < -0.39 is 54.7 Å². The van der Waals surface area contributed by atoms with Gasteiger partial charge in [0.1, 0.15) is 36.6 Å². The van der Waals surface area contributed by atoms with E-state index in [4.69, 9.17) is 47.4 Å². The number of hydrogen-bond acceptors (Lipinski definition) is 11. The van der Waals surface area contributed by atoms with Crippen molar-refractivity contribution in [2.75, 3.05) is 66.1 Å². The van der Waals surface area contributed by atoms with Crippen molar-refractivity contribution in [2.45, 2.75) is 167 Å². The first kappa shape index (κ1) is 44.1. The molecule has 0 saturated carbocycles. The second-order valence-corrected chi connectivity index (χ2v) is 13.3. The molecule has 8 atom stereocenters. The minimum Gasteiger partial charge on any atom is -0.379 e. The predicted octanol–water partition coefficient (Wildman–Crippen LogP) is 7.13. The average molecular weight is 704 g/mol. The zero-order valence-corrected chi connectivity index (χ0v) is 31.7. The molecule has 49 heavy (non-hydrogen) atoms. The van der Waals surface area contributed by atoms with Gasteiger partial charge in [-0.05, 0) is 51.5 Å². The lowest BCUT2D eigenvalue weighted by Crippen LogP contribution is -2.62. The Balaban J connectivity index is 2.27. The minimum atomic E-state index is -0.894. The van der Waals surface area contributed by atoms with Crippen molar-refractivity contribution in [1.29, 1.82) is 0 Å². The van der Waals surface area contributed by atoms with Gasteiger partial charge in [-0.3, -0.25) is 0 Å². The zero-order valence-electron chi connectivity index (χ0n) is 31.7. The van der Waals surface area contributed by atoms with E-state index in [0.717, 1.165) is 64.2 Å². The van der Waals surface area contributed by atoms with E-state index in [-0.39, 0.29) is 13.2 Å². The van der Waals surface area contributed by atoms with Gasteiger partial charge in [0.25, 0.3) is 0 Å². The maximum atomic E-state index is 9.59. The van der Waals surface area contributed by atoms with Crippen LogP contribution < -0.4 is 0 Å². The predicted molar refractivity (Wildman–Crippen MR) is 188 cm³/mol. The Morgan fingerprint density at radius 1 is 0.612 bits per heavy atom. The van der Waals surface area contributed by atoms with Gasteiger partial charge in [0, 0.05) is 37.9 Å². The van der Waals surface area contributed by atoms with Gasteiger partial charge in [-0.25, -0.2) is 0 Å². The Morgan fingerprint density at radius 3 is 1.73 bits per heavy atom. The van der Waals surface area contributed by atoms with Gasteiger partial charge in [0.2, 0.25) is 0 Å². The molecular weight excluding hydrogens is 634 g/mol. The van der Waals surface area contributed by atoms with Gasteiger partial charge in [0.05, 0.1) is 39.1 Å². The summed E-state index contributed by atoms with van der Waals surface area (Å²) in [6.45, 7) is 18.9. The molecular formula is C36H69N3O10. The summed E-state index contributed by atoms with van der Waals surface area (Å²) >= 11 is 0. The third-order valence-corrected chi connectivity index (χ3v) is 8.47. The van der Waals surface area contributed by atoms with Gasteiger partial charge in [-0.1, -0.05) is 71.8 Å². The lowest BCUT2D eigenvalue weighted by molar-refractivity contribution is -0.325. The molecule has 0 spiro atoms. The first-order valence-electron chi connectivity index (χ1n) is 19.1. The first-order valence-corrected chi connectivity index (χ1v) is 19.1. The third-order valence-electron chi connectivity index (χ3n) is 8.47. The van der Waals surface area contributed by atoms with Crippen LogP contribution in [0, 0.1) is 0 Å². The monoisotopic (exact) mass is 703 g/mol. The Kier molecular flexibility index (Phi) is 24.0. The summed E-state index contributed by atoms with van der Waals surface area (Å²) in [6.07, 6.45) is 6.03. The molecule has 2 saturated heterocycles. The molecule has 0 bridgehead atoms. The van der Waals surface area contributed by atoms with Crippen LogP contribution in [0.5, 0.6) is 0 Å². The summed E-state index contributed by atoms with van der Waals surface area (Å²) in [5.74, 6) is -0.894. The molecule has 288 valence electrons. The molecule has 0 aromatic carbocycles. The highest BCUT2D eigenvalue weighted by Gasteiger charge is 2.50. The highest BCUT2D eigenvalue weighted by Crippen LogP contribution is 2.34. The largest absolute Gasteiger partial charge is 0.379 e. The van der Waals surface area contributed by atoms with Gasteiger partial charge >= 0.3 is 0 Å². The number of azide groups is 1. The Morgan fingerprint density at radius 2 is 1.12 bits per heavy atom. The molecule has 0 N–H and O–H groups in total. The fraction of sp³-hybridized carbons (Fsp3) is 1.00. The van der Waals surface area contributed by atoms with Crippen molar-refractivity contribution in [3.05, 3.63) is 10.4 Å². The van der Waals surface area contributed by atoms with Crippen LogP contribution in [0.4, 0.5) is 0 Å². The van der Waals surface area contributed by atoms with Crippen molar-refractivity contribution in [1.82, 2.24) is 0 Å². The van der Waals surface area contributed by atoms with Gasteiger partial charge in [-0.2, -0.15) is 0 Å². The van der Waals surface area contributed by atoms with Crippen LogP contribution in [0.25, 0.3) is 10.4 Å². The highest BCUT2D eigenvalue weighted by atomic mass is 16.8. The quantitative estimate of drug-likeness (QED) is 0.0328. The Bertz CT molecular complexity index is 865. The molecule has 2 fully saturated rings. The molecule has 13 nitrogen and oxygen atoms in total. The lowest BCUT2D eigenvalue weighted by atomic mass is 9.97. The summed E-state index contributed by atoms with van der Waals surface area (Å²) in [5, 5.41) is 4.11. The van der Waals surface area contributed by atoms with Crippen LogP contribution in [-0.4, -0.2) is 121 Å². The van der Waals surface area contributed by atoms with Crippen molar-refractivity contribution in [3.8, 4) is 0 Å². The molecule has 2 rings (SSSR count). The highest BCUT2D eigenvalue weighted by molar-refractivity contribution is 4.95. The average Bonchev–Trinajstić information content (AvgIpc) is 3.40. The smallest absolute Gasteiger partial charge is 0.186 e. The van der Waals surface area contributed by atoms with Crippen LogP contribution >= 0.6 is 0 Å². The van der Waals surface area contributed by atoms with E-state index in [1.807, 2.05) is 13.8 Å². The molecule has 0 aromatic rings. The summed E-state index contributed by atoms with van der Waals surface area (Å²) in [6, 6.07) is -0.724. The second-order valence-electron chi connectivity index (χ2n) is 13.3. The molecule has 0 amide bonds. The molecule has 0 aliphatic carbocycles. The second kappa shape index (κ2) is 26.7. The van der Waals surface area contributed by atoms with E-state index in [1.165, 1.54) is 0 Å². The number of unbranched alkanes of at least 4 members (excludes halogenated alkanes) is 5. The number of hydrogen-bond donors (Lipinski definition) is 0. The number of ether oxygens (including phenoxy) is 10. The fourth-order valence-electron chi connectivity index (χ4n) is 5.69. The zero-order chi connectivity index (χ0) is 35.7. The Hall–Kier alpha value is -1.09. The fourth-order valence-corrected chi connectivity index (χ4v) is 5.69. The van der Waals surface area contributed by atoms with Crippen molar-refractivity contribution < 1.29 is 47.4 Å². The van der Waals surface area contributed by atoms with E-state index >= 15 is 0 Å². The van der Waals surface area contributed by atoms with Gasteiger partial charge < -0.3 is 47.4 Å². The molecule has 13 heteroatoms. The summed E-state index contributed by atoms with van der Waals surface area (Å²) in [4.78, 5) is 3.15. The standard InChI is InChI=1S/C36H69N3O10/c1-8-13-18-40-23-24-42-27-30-31(49-36(6,7)48-30)28(38-39-37)25-46-35-34(45-22-17-12-5)33(44-21-16-11-4)32(43-20-15-10-3)29(47-35)26-41-19-14-9-2/h28-35H,8-27H2,1-7H3/t28-,29?,30+,31-,32?,33?,34?,35?/m0/s1. The van der Waals surface area contributed by atoms with Crippen molar-refractivity contribution in [2.24, 2.45) is 5.11 Å². The molecule has 2 aliphatic rings. The number of rotatable bonds is 30. The van der Waals surface area contributed by atoms with Crippen molar-refractivity contribution >= 4 is 0 Å². The molecule has 0 aromatic heterocycles. The Labute approximate surface area is 296 Å². The van der Waals surface area contributed by atoms with Crippen LogP contribution in [0.15, 0.2) is 5.11 Å². The van der Waals surface area contributed by atoms with Gasteiger partial charge in [-0.15, -0.1) is 0 Å². The van der Waals surface area contributed by atoms with E-state index in [2.05, 4.69) is 44.6 Å². The SMILES string of the molecule is CCCCOCCOC[C@H]1OC(C)(C)O[C@H]1[C@H](COC1OC(COCCCC)C(OCCCC)C(OCCCC)C1OCCCC)N=[N+]=[N-]. The van der Waals surface area contributed by atoms with Crippen LogP contribution in [0.3, 0.4) is 0 Å². The third kappa shape index (κ3) is 16.9. The van der Waals surface area contributed by atoms with Gasteiger partial charge in [0.15, 0.2) is 12.1 Å². The summed E-state index contributed by atoms with van der Waals surface area (Å²) in [5.41, 5.74) is 9.59. The minimum absolute atomic E-state index is 0.00947. The van der Waals surface area contributed by atoms with Crippen molar-refractivity contribution in [3.63, 3.8) is 0 Å². The van der Waals surface area contributed by atoms with Crippen LogP contribution in [-0.2, 0) is 47.4 Å².